The number of quaternary nitrogens is 1. The normalized spacial score (nSPS) is 14.3. The summed E-state index contributed by atoms with van der Waals surface area (Å²) < 4.78 is 0.616. The van der Waals surface area contributed by atoms with E-state index in [0.717, 1.165) is 6.42 Å². The molecule has 1 atom stereocenters. The van der Waals surface area contributed by atoms with E-state index in [1.165, 1.54) is 11.3 Å². The number of rotatable bonds is 5. The topological polar surface area (TPSA) is 12.4 Å². The summed E-state index contributed by atoms with van der Waals surface area (Å²) in [5, 5.41) is 4.76. The Labute approximate surface area is 134 Å². The molecule has 0 spiro atoms. The van der Waals surface area contributed by atoms with Crippen LogP contribution in [0.3, 0.4) is 0 Å². The molecule has 0 saturated heterocycles. The molecule has 1 aromatic rings. The van der Waals surface area contributed by atoms with Crippen LogP contribution in [0.2, 0.25) is 0 Å². The van der Waals surface area contributed by atoms with Gasteiger partial charge in [0.15, 0.2) is 0 Å². The molecule has 0 amide bonds. The van der Waals surface area contributed by atoms with E-state index in [-0.39, 0.29) is 24.0 Å². The van der Waals surface area contributed by atoms with E-state index < -0.39 is 0 Å². The van der Waals surface area contributed by atoms with Crippen molar-refractivity contribution in [2.45, 2.75) is 26.2 Å². The lowest BCUT2D eigenvalue weighted by atomic mass is 9.91. The fourth-order valence-corrected chi connectivity index (χ4v) is 2.05. The second kappa shape index (κ2) is 8.48. The molecule has 0 aliphatic heterocycles. The molecule has 0 N–H and O–H groups in total. The highest BCUT2D eigenvalue weighted by molar-refractivity contribution is 5.88. The van der Waals surface area contributed by atoms with Crippen molar-refractivity contribution in [3.63, 3.8) is 0 Å². The van der Waals surface area contributed by atoms with Crippen molar-refractivity contribution in [2.75, 3.05) is 21.1 Å². The van der Waals surface area contributed by atoms with Gasteiger partial charge >= 0.3 is 0 Å². The third kappa shape index (κ3) is 6.87. The van der Waals surface area contributed by atoms with Crippen LogP contribution in [0.5, 0.6) is 0 Å². The molecular formula is C16H25IN2. The van der Waals surface area contributed by atoms with Crippen molar-refractivity contribution in [3.8, 4) is 0 Å². The number of hydrogen-bond acceptors (Lipinski definition) is 1. The van der Waals surface area contributed by atoms with Gasteiger partial charge in [0.25, 0.3) is 0 Å². The standard InChI is InChI=1S/C16H25N2.HI/c1-6-7-13-16(14(2)17-18(3,4)5)15-11-9-8-10-12-15;/h6-12,16H,13H2,1-5H3;1H/q+1;/p-1/b7-6+,17-14-;. The highest BCUT2D eigenvalue weighted by Crippen LogP contribution is 2.22. The Kier molecular flexibility index (Phi) is 8.18. The maximum Gasteiger partial charge on any atom is 0.0923 e. The maximum atomic E-state index is 4.76. The molecule has 0 fully saturated rings. The van der Waals surface area contributed by atoms with Gasteiger partial charge in [-0.05, 0) is 25.8 Å². The molecule has 1 unspecified atom stereocenters. The van der Waals surface area contributed by atoms with Crippen LogP contribution in [-0.4, -0.2) is 31.4 Å². The molecule has 0 radical (unpaired) electrons. The van der Waals surface area contributed by atoms with Gasteiger partial charge in [-0.3, -0.25) is 0 Å². The Morgan fingerprint density at radius 2 is 1.79 bits per heavy atom. The van der Waals surface area contributed by atoms with Gasteiger partial charge in [-0.1, -0.05) is 47.6 Å². The molecule has 1 aromatic carbocycles. The van der Waals surface area contributed by atoms with E-state index in [1.54, 1.807) is 0 Å². The molecule has 0 bridgehead atoms. The lowest BCUT2D eigenvalue weighted by Gasteiger charge is -2.21. The molecule has 1 rings (SSSR count). The fourth-order valence-electron chi connectivity index (χ4n) is 2.05. The Hall–Kier alpha value is -0.680. The van der Waals surface area contributed by atoms with Crippen molar-refractivity contribution < 1.29 is 28.6 Å². The van der Waals surface area contributed by atoms with E-state index >= 15 is 0 Å². The van der Waals surface area contributed by atoms with Crippen LogP contribution in [0.15, 0.2) is 47.6 Å². The maximum absolute atomic E-state index is 4.76. The minimum absolute atomic E-state index is 0. The highest BCUT2D eigenvalue weighted by Gasteiger charge is 2.17. The second-order valence-electron chi connectivity index (χ2n) is 5.45. The van der Waals surface area contributed by atoms with Crippen molar-refractivity contribution in [1.82, 2.24) is 0 Å². The Morgan fingerprint density at radius 3 is 2.26 bits per heavy atom. The van der Waals surface area contributed by atoms with Gasteiger partial charge in [-0.25, -0.2) is 4.59 Å². The van der Waals surface area contributed by atoms with Crippen LogP contribution in [0.25, 0.3) is 0 Å². The van der Waals surface area contributed by atoms with Gasteiger partial charge in [-0.2, -0.15) is 0 Å². The first-order valence-electron chi connectivity index (χ1n) is 6.48. The number of nitrogens with zero attached hydrogens (tertiary/aromatic N) is 2. The summed E-state index contributed by atoms with van der Waals surface area (Å²) in [6, 6.07) is 10.6. The molecule has 2 nitrogen and oxygen atoms in total. The zero-order valence-electron chi connectivity index (χ0n) is 12.6. The molecule has 3 heteroatoms. The first-order chi connectivity index (χ1) is 8.44. The summed E-state index contributed by atoms with van der Waals surface area (Å²) in [4.78, 5) is 0. The molecule has 0 saturated carbocycles. The summed E-state index contributed by atoms with van der Waals surface area (Å²) in [6.45, 7) is 4.19. The minimum Gasteiger partial charge on any atom is -1.00 e. The van der Waals surface area contributed by atoms with Crippen molar-refractivity contribution in [2.24, 2.45) is 5.10 Å². The summed E-state index contributed by atoms with van der Waals surface area (Å²) in [7, 11) is 6.25. The van der Waals surface area contributed by atoms with E-state index in [1.807, 2.05) is 0 Å². The van der Waals surface area contributed by atoms with E-state index in [9.17, 15) is 0 Å². The van der Waals surface area contributed by atoms with E-state index in [2.05, 4.69) is 77.5 Å². The average Bonchev–Trinajstić information content (AvgIpc) is 2.28. The number of allylic oxidation sites excluding steroid dienone is 2. The zero-order valence-corrected chi connectivity index (χ0v) is 14.8. The third-order valence-corrected chi connectivity index (χ3v) is 2.77. The first-order valence-corrected chi connectivity index (χ1v) is 6.48. The molecule has 0 aliphatic rings. The van der Waals surface area contributed by atoms with Gasteiger partial charge in [0.1, 0.15) is 0 Å². The predicted molar refractivity (Wildman–Crippen MR) is 79.8 cm³/mol. The lowest BCUT2D eigenvalue weighted by molar-refractivity contribution is -0.877. The predicted octanol–water partition coefficient (Wildman–Crippen LogP) is 0.823. The molecular weight excluding hydrogens is 347 g/mol. The molecule has 0 aliphatic carbocycles. The van der Waals surface area contributed by atoms with Crippen LogP contribution >= 0.6 is 0 Å². The van der Waals surface area contributed by atoms with Crippen molar-refractivity contribution in [3.05, 3.63) is 48.0 Å². The van der Waals surface area contributed by atoms with E-state index in [0.29, 0.717) is 10.5 Å². The Balaban J connectivity index is 0.00000324. The fraction of sp³-hybridized carbons (Fsp3) is 0.438. The van der Waals surface area contributed by atoms with Crippen LogP contribution in [0.1, 0.15) is 31.7 Å². The number of benzene rings is 1. The quantitative estimate of drug-likeness (QED) is 0.239. The van der Waals surface area contributed by atoms with Gasteiger partial charge in [0.2, 0.25) is 0 Å². The lowest BCUT2D eigenvalue weighted by Crippen LogP contribution is -3.00. The smallest absolute Gasteiger partial charge is 0.0923 e. The number of halogens is 1. The molecule has 0 heterocycles. The Bertz CT molecular complexity index is 416. The van der Waals surface area contributed by atoms with Crippen LogP contribution < -0.4 is 24.0 Å². The SMILES string of the molecule is C/C=C/CC(/C(C)=N\[N+](C)(C)C)c1ccccc1.[I-]. The van der Waals surface area contributed by atoms with Gasteiger partial charge in [0, 0.05) is 5.92 Å². The van der Waals surface area contributed by atoms with Gasteiger partial charge < -0.3 is 24.0 Å². The van der Waals surface area contributed by atoms with Gasteiger partial charge in [-0.15, -0.1) is 0 Å². The molecule has 19 heavy (non-hydrogen) atoms. The van der Waals surface area contributed by atoms with Crippen molar-refractivity contribution in [1.29, 1.82) is 0 Å². The minimum atomic E-state index is 0. The number of hydrogen-bond donors (Lipinski definition) is 0. The van der Waals surface area contributed by atoms with Crippen LogP contribution in [-0.2, 0) is 0 Å². The highest BCUT2D eigenvalue weighted by atomic mass is 127. The van der Waals surface area contributed by atoms with E-state index in [4.69, 9.17) is 5.10 Å². The largest absolute Gasteiger partial charge is 1.00 e. The van der Waals surface area contributed by atoms with Crippen LogP contribution in [0.4, 0.5) is 0 Å². The van der Waals surface area contributed by atoms with Gasteiger partial charge in [0.05, 0.1) is 26.9 Å². The monoisotopic (exact) mass is 372 g/mol. The molecule has 106 valence electrons. The Morgan fingerprint density at radius 1 is 1.21 bits per heavy atom. The zero-order chi connectivity index (χ0) is 13.6. The van der Waals surface area contributed by atoms with Crippen LogP contribution in [0, 0.1) is 0 Å². The third-order valence-electron chi connectivity index (χ3n) is 2.77. The first kappa shape index (κ1) is 18.3. The summed E-state index contributed by atoms with van der Waals surface area (Å²) in [5.74, 6) is 0.375. The summed E-state index contributed by atoms with van der Waals surface area (Å²) >= 11 is 0. The summed E-state index contributed by atoms with van der Waals surface area (Å²) in [6.07, 6.45) is 5.33. The second-order valence-corrected chi connectivity index (χ2v) is 5.45. The molecule has 0 aromatic heterocycles. The van der Waals surface area contributed by atoms with Crippen molar-refractivity contribution >= 4 is 5.71 Å². The average molecular weight is 372 g/mol. The summed E-state index contributed by atoms with van der Waals surface area (Å²) in [5.41, 5.74) is 2.53.